The van der Waals surface area contributed by atoms with Crippen molar-refractivity contribution in [3.05, 3.63) is 59.9 Å². The first-order chi connectivity index (χ1) is 11.6. The van der Waals surface area contributed by atoms with Crippen molar-refractivity contribution in [3.63, 3.8) is 0 Å². The number of rotatable bonds is 5. The van der Waals surface area contributed by atoms with Crippen LogP contribution < -0.4 is 5.32 Å². The summed E-state index contributed by atoms with van der Waals surface area (Å²) in [6.45, 7) is 1.96. The van der Waals surface area contributed by atoms with Crippen molar-refractivity contribution in [2.45, 2.75) is 12.1 Å². The summed E-state index contributed by atoms with van der Waals surface area (Å²) >= 11 is 1.21. The number of aromatic nitrogens is 4. The van der Waals surface area contributed by atoms with Crippen LogP contribution in [0.4, 0.5) is 10.1 Å². The molecule has 0 atom stereocenters. The minimum absolute atomic E-state index is 0.114. The number of thioether (sulfide) groups is 1. The molecule has 0 aliphatic heterocycles. The summed E-state index contributed by atoms with van der Waals surface area (Å²) in [5.41, 5.74) is 2.30. The number of nitrogens with zero attached hydrogens (tertiary/aromatic N) is 4. The summed E-state index contributed by atoms with van der Waals surface area (Å²) in [4.78, 5) is 12.0. The van der Waals surface area contributed by atoms with Gasteiger partial charge in [0.25, 0.3) is 0 Å². The molecule has 0 saturated carbocycles. The number of anilines is 1. The van der Waals surface area contributed by atoms with Crippen LogP contribution in [0.3, 0.4) is 0 Å². The number of nitrogens with one attached hydrogen (secondary N) is 1. The van der Waals surface area contributed by atoms with Crippen molar-refractivity contribution in [3.8, 4) is 5.69 Å². The molecule has 8 heteroatoms. The molecular formula is C16H14FN5OS. The average molecular weight is 343 g/mol. The van der Waals surface area contributed by atoms with Crippen molar-refractivity contribution in [2.75, 3.05) is 11.1 Å². The maximum absolute atomic E-state index is 13.1. The average Bonchev–Trinajstić information content (AvgIpc) is 3.02. The number of tetrazole rings is 1. The SMILES string of the molecule is Cc1ccccc1-n1nnnc1SCC(=O)Nc1cccc(F)c1. The van der Waals surface area contributed by atoms with Gasteiger partial charge in [0.15, 0.2) is 0 Å². The second kappa shape index (κ2) is 7.22. The van der Waals surface area contributed by atoms with Gasteiger partial charge >= 0.3 is 0 Å². The highest BCUT2D eigenvalue weighted by Crippen LogP contribution is 2.20. The number of para-hydroxylation sites is 1. The van der Waals surface area contributed by atoms with Crippen LogP contribution in [0.15, 0.2) is 53.7 Å². The number of carbonyl (C=O) groups excluding carboxylic acids is 1. The van der Waals surface area contributed by atoms with Gasteiger partial charge in [0, 0.05) is 5.69 Å². The van der Waals surface area contributed by atoms with Gasteiger partial charge in [-0.15, -0.1) is 5.10 Å². The van der Waals surface area contributed by atoms with E-state index in [9.17, 15) is 9.18 Å². The molecule has 0 bridgehead atoms. The highest BCUT2D eigenvalue weighted by atomic mass is 32.2. The Labute approximate surface area is 142 Å². The van der Waals surface area contributed by atoms with Gasteiger partial charge in [-0.3, -0.25) is 4.79 Å². The number of amides is 1. The zero-order valence-electron chi connectivity index (χ0n) is 12.8. The highest BCUT2D eigenvalue weighted by molar-refractivity contribution is 7.99. The predicted molar refractivity (Wildman–Crippen MR) is 89.6 cm³/mol. The number of halogens is 1. The second-order valence-corrected chi connectivity index (χ2v) is 5.95. The topological polar surface area (TPSA) is 72.7 Å². The van der Waals surface area contributed by atoms with Crippen LogP contribution >= 0.6 is 11.8 Å². The van der Waals surface area contributed by atoms with E-state index < -0.39 is 5.82 Å². The molecule has 1 aromatic heterocycles. The molecule has 0 unspecified atom stereocenters. The summed E-state index contributed by atoms with van der Waals surface area (Å²) in [5, 5.41) is 14.8. The molecular weight excluding hydrogens is 329 g/mol. The monoisotopic (exact) mass is 343 g/mol. The van der Waals surface area contributed by atoms with Crippen LogP contribution in [-0.2, 0) is 4.79 Å². The largest absolute Gasteiger partial charge is 0.325 e. The van der Waals surface area contributed by atoms with Crippen LogP contribution in [0.2, 0.25) is 0 Å². The standard InChI is InChI=1S/C16H14FN5OS/c1-11-5-2-3-8-14(11)22-16(19-20-21-22)24-10-15(23)18-13-7-4-6-12(17)9-13/h2-9H,10H2,1H3,(H,18,23). The molecule has 3 aromatic rings. The van der Waals surface area contributed by atoms with E-state index in [1.165, 1.54) is 30.0 Å². The first-order valence-corrected chi connectivity index (χ1v) is 8.14. The molecule has 24 heavy (non-hydrogen) atoms. The zero-order chi connectivity index (χ0) is 16.9. The number of hydrogen-bond acceptors (Lipinski definition) is 5. The van der Waals surface area contributed by atoms with Gasteiger partial charge in [0.1, 0.15) is 5.82 Å². The first-order valence-electron chi connectivity index (χ1n) is 7.16. The fourth-order valence-corrected chi connectivity index (χ4v) is 2.80. The van der Waals surface area contributed by atoms with Crippen LogP contribution in [0.25, 0.3) is 5.69 Å². The van der Waals surface area contributed by atoms with E-state index in [4.69, 9.17) is 0 Å². The van der Waals surface area contributed by atoms with E-state index in [-0.39, 0.29) is 11.7 Å². The fourth-order valence-electron chi connectivity index (χ4n) is 2.11. The Kier molecular flexibility index (Phi) is 4.85. The first kappa shape index (κ1) is 16.1. The lowest BCUT2D eigenvalue weighted by Crippen LogP contribution is -2.14. The molecule has 0 radical (unpaired) electrons. The van der Waals surface area contributed by atoms with Gasteiger partial charge in [-0.25, -0.2) is 4.39 Å². The van der Waals surface area contributed by atoms with Gasteiger partial charge < -0.3 is 5.32 Å². The van der Waals surface area contributed by atoms with Gasteiger partial charge in [-0.2, -0.15) is 4.68 Å². The van der Waals surface area contributed by atoms with Crippen molar-refractivity contribution in [2.24, 2.45) is 0 Å². The summed E-state index contributed by atoms with van der Waals surface area (Å²) < 4.78 is 14.7. The van der Waals surface area contributed by atoms with E-state index >= 15 is 0 Å². The quantitative estimate of drug-likeness (QED) is 0.721. The van der Waals surface area contributed by atoms with Crippen molar-refractivity contribution >= 4 is 23.4 Å². The summed E-state index contributed by atoms with van der Waals surface area (Å²) in [5.74, 6) is -0.545. The minimum atomic E-state index is -0.399. The minimum Gasteiger partial charge on any atom is -0.325 e. The third-order valence-corrected chi connectivity index (χ3v) is 4.14. The Bertz CT molecular complexity index is 867. The molecule has 122 valence electrons. The molecule has 6 nitrogen and oxygen atoms in total. The molecule has 0 fully saturated rings. The van der Waals surface area contributed by atoms with Gasteiger partial charge in [-0.1, -0.05) is 36.0 Å². The van der Waals surface area contributed by atoms with E-state index in [1.807, 2.05) is 31.2 Å². The Hall–Kier alpha value is -2.74. The summed E-state index contributed by atoms with van der Waals surface area (Å²) in [6.07, 6.45) is 0. The lowest BCUT2D eigenvalue weighted by molar-refractivity contribution is -0.113. The smallest absolute Gasteiger partial charge is 0.234 e. The molecule has 0 saturated heterocycles. The number of benzene rings is 2. The van der Waals surface area contributed by atoms with E-state index in [0.717, 1.165) is 11.3 Å². The molecule has 3 rings (SSSR count). The lowest BCUT2D eigenvalue weighted by atomic mass is 10.2. The Morgan fingerprint density at radius 3 is 2.88 bits per heavy atom. The van der Waals surface area contributed by atoms with Gasteiger partial charge in [0.05, 0.1) is 11.4 Å². The molecule has 1 amide bonds. The molecule has 0 aliphatic carbocycles. The van der Waals surface area contributed by atoms with Crippen LogP contribution in [0, 0.1) is 12.7 Å². The van der Waals surface area contributed by atoms with E-state index in [1.54, 1.807) is 10.7 Å². The van der Waals surface area contributed by atoms with Crippen LogP contribution in [-0.4, -0.2) is 31.9 Å². The van der Waals surface area contributed by atoms with Crippen molar-refractivity contribution < 1.29 is 9.18 Å². The van der Waals surface area contributed by atoms with Gasteiger partial charge in [0.2, 0.25) is 11.1 Å². The molecule has 1 N–H and O–H groups in total. The van der Waals surface area contributed by atoms with Crippen molar-refractivity contribution in [1.82, 2.24) is 20.2 Å². The van der Waals surface area contributed by atoms with Gasteiger partial charge in [-0.05, 0) is 47.2 Å². The summed E-state index contributed by atoms with van der Waals surface area (Å²) in [7, 11) is 0. The predicted octanol–water partition coefficient (Wildman–Crippen LogP) is 2.84. The molecule has 0 spiro atoms. The van der Waals surface area contributed by atoms with Crippen LogP contribution in [0.1, 0.15) is 5.56 Å². The van der Waals surface area contributed by atoms with E-state index in [2.05, 4.69) is 20.8 Å². The molecule has 0 aliphatic rings. The normalized spacial score (nSPS) is 10.6. The zero-order valence-corrected chi connectivity index (χ0v) is 13.6. The van der Waals surface area contributed by atoms with E-state index in [0.29, 0.717) is 10.8 Å². The molecule has 1 heterocycles. The Balaban J connectivity index is 1.67. The number of carbonyl (C=O) groups is 1. The Morgan fingerprint density at radius 1 is 1.25 bits per heavy atom. The second-order valence-electron chi connectivity index (χ2n) is 5.01. The molecule has 2 aromatic carbocycles. The van der Waals surface area contributed by atoms with Crippen molar-refractivity contribution in [1.29, 1.82) is 0 Å². The lowest BCUT2D eigenvalue weighted by Gasteiger charge is -2.07. The maximum atomic E-state index is 13.1. The number of aryl methyl sites for hydroxylation is 1. The van der Waals surface area contributed by atoms with Crippen LogP contribution in [0.5, 0.6) is 0 Å². The third-order valence-electron chi connectivity index (χ3n) is 3.23. The fraction of sp³-hybridized carbons (Fsp3) is 0.125. The third kappa shape index (κ3) is 3.77. The summed E-state index contributed by atoms with van der Waals surface area (Å²) in [6, 6.07) is 13.4. The highest BCUT2D eigenvalue weighted by Gasteiger charge is 2.13. The number of hydrogen-bond donors (Lipinski definition) is 1. The maximum Gasteiger partial charge on any atom is 0.234 e. The Morgan fingerprint density at radius 2 is 2.08 bits per heavy atom.